The molecule has 0 bridgehead atoms. The summed E-state index contributed by atoms with van der Waals surface area (Å²) in [5.74, 6) is -0.457. The molecule has 1 saturated heterocycles. The molecule has 0 spiro atoms. The first-order valence-corrected chi connectivity index (χ1v) is 11.6. The van der Waals surface area contributed by atoms with E-state index in [0.29, 0.717) is 22.5 Å². The van der Waals surface area contributed by atoms with E-state index in [-0.39, 0.29) is 29.4 Å². The smallest absolute Gasteiger partial charge is 0.256 e. The molecule has 2 heterocycles. The zero-order valence-corrected chi connectivity index (χ0v) is 16.3. The molecule has 1 aromatic carbocycles. The van der Waals surface area contributed by atoms with Gasteiger partial charge < -0.3 is 10.6 Å². The van der Waals surface area contributed by atoms with Gasteiger partial charge in [0.1, 0.15) is 5.00 Å². The second-order valence-corrected chi connectivity index (χ2v) is 10.3. The molecule has 8 heteroatoms. The van der Waals surface area contributed by atoms with Crippen molar-refractivity contribution in [2.45, 2.75) is 31.7 Å². The fourth-order valence-electron chi connectivity index (χ4n) is 3.66. The lowest BCUT2D eigenvalue weighted by Crippen LogP contribution is -2.36. The Morgan fingerprint density at radius 3 is 2.56 bits per heavy atom. The summed E-state index contributed by atoms with van der Waals surface area (Å²) in [6, 6.07) is 8.50. The maximum absolute atomic E-state index is 12.9. The first-order valence-electron chi connectivity index (χ1n) is 8.95. The number of hydrogen-bond acceptors (Lipinski definition) is 5. The van der Waals surface area contributed by atoms with Crippen LogP contribution in [0.3, 0.4) is 0 Å². The summed E-state index contributed by atoms with van der Waals surface area (Å²) in [5.41, 5.74) is 2.02. The van der Waals surface area contributed by atoms with E-state index in [1.165, 1.54) is 11.3 Å². The Morgan fingerprint density at radius 2 is 1.85 bits per heavy atom. The van der Waals surface area contributed by atoms with Gasteiger partial charge in [-0.05, 0) is 43.4 Å². The number of amides is 2. The highest BCUT2D eigenvalue weighted by Gasteiger charge is 2.32. The van der Waals surface area contributed by atoms with Gasteiger partial charge in [0.15, 0.2) is 9.84 Å². The van der Waals surface area contributed by atoms with Gasteiger partial charge in [0.25, 0.3) is 11.8 Å². The molecular formula is C19H20N2O4S2. The summed E-state index contributed by atoms with van der Waals surface area (Å²) < 4.78 is 23.3. The molecule has 0 saturated carbocycles. The van der Waals surface area contributed by atoms with E-state index in [2.05, 4.69) is 10.6 Å². The molecule has 4 rings (SSSR count). The van der Waals surface area contributed by atoms with E-state index in [0.717, 1.165) is 29.7 Å². The van der Waals surface area contributed by atoms with Crippen LogP contribution >= 0.6 is 11.3 Å². The largest absolute Gasteiger partial charge is 0.348 e. The second kappa shape index (κ2) is 7.09. The lowest BCUT2D eigenvalue weighted by molar-refractivity contribution is 0.0941. The number of anilines is 1. The summed E-state index contributed by atoms with van der Waals surface area (Å²) in [5, 5.41) is 6.28. The topological polar surface area (TPSA) is 92.3 Å². The summed E-state index contributed by atoms with van der Waals surface area (Å²) >= 11 is 1.45. The minimum absolute atomic E-state index is 0.0171. The van der Waals surface area contributed by atoms with Crippen molar-refractivity contribution in [2.24, 2.45) is 0 Å². The van der Waals surface area contributed by atoms with E-state index in [4.69, 9.17) is 0 Å². The van der Waals surface area contributed by atoms with Crippen molar-refractivity contribution < 1.29 is 18.0 Å². The van der Waals surface area contributed by atoms with Gasteiger partial charge in [0, 0.05) is 16.5 Å². The fraction of sp³-hybridized carbons (Fsp3) is 0.368. The molecule has 1 aliphatic carbocycles. The zero-order chi connectivity index (χ0) is 19.0. The Kier molecular flexibility index (Phi) is 4.77. The van der Waals surface area contributed by atoms with Gasteiger partial charge in [-0.1, -0.05) is 18.2 Å². The van der Waals surface area contributed by atoms with Crippen LogP contribution in [-0.4, -0.2) is 37.8 Å². The van der Waals surface area contributed by atoms with Gasteiger partial charge in [0.05, 0.1) is 17.1 Å². The predicted octanol–water partition coefficient (Wildman–Crippen LogP) is 2.41. The third-order valence-electron chi connectivity index (χ3n) is 4.98. The molecule has 1 fully saturated rings. The zero-order valence-electron chi connectivity index (χ0n) is 14.7. The number of benzene rings is 1. The molecule has 0 radical (unpaired) electrons. The van der Waals surface area contributed by atoms with Crippen molar-refractivity contribution in [2.75, 3.05) is 16.8 Å². The van der Waals surface area contributed by atoms with Crippen LogP contribution in [0.15, 0.2) is 30.3 Å². The van der Waals surface area contributed by atoms with Gasteiger partial charge >= 0.3 is 0 Å². The van der Waals surface area contributed by atoms with Gasteiger partial charge in [-0.25, -0.2) is 8.42 Å². The standard InChI is InChI=1S/C19H20N2O4S2/c22-17(12-5-2-1-3-6-12)21-19-16(14-7-4-8-15(14)26-19)18(23)20-13-9-10-27(24,25)11-13/h1-3,5-6,13H,4,7-11H2,(H,20,23)(H,21,22)/t13-/m0/s1. The lowest BCUT2D eigenvalue weighted by Gasteiger charge is -2.13. The first kappa shape index (κ1) is 18.2. The molecule has 2 aromatic rings. The number of carbonyl (C=O) groups excluding carboxylic acids is 2. The Hall–Kier alpha value is -2.19. The molecule has 1 atom stereocenters. The SMILES string of the molecule is O=C(Nc1sc2c(c1C(=O)N[C@H]1CCS(=O)(=O)C1)CCC2)c1ccccc1. The quantitative estimate of drug-likeness (QED) is 0.818. The Bertz CT molecular complexity index is 996. The number of sulfone groups is 1. The maximum Gasteiger partial charge on any atom is 0.256 e. The highest BCUT2D eigenvalue weighted by atomic mass is 32.2. The van der Waals surface area contributed by atoms with E-state index in [1.54, 1.807) is 24.3 Å². The third-order valence-corrected chi connectivity index (χ3v) is 7.95. The molecule has 6 nitrogen and oxygen atoms in total. The summed E-state index contributed by atoms with van der Waals surface area (Å²) in [4.78, 5) is 26.6. The summed E-state index contributed by atoms with van der Waals surface area (Å²) in [6.45, 7) is 0. The van der Waals surface area contributed by atoms with Crippen LogP contribution in [-0.2, 0) is 22.7 Å². The van der Waals surface area contributed by atoms with Crippen molar-refractivity contribution in [1.82, 2.24) is 5.32 Å². The van der Waals surface area contributed by atoms with Crippen LogP contribution in [0.2, 0.25) is 0 Å². The van der Waals surface area contributed by atoms with Gasteiger partial charge in [-0.15, -0.1) is 11.3 Å². The number of thiophene rings is 1. The number of carbonyl (C=O) groups is 2. The number of hydrogen-bond donors (Lipinski definition) is 2. The van der Waals surface area contributed by atoms with Crippen LogP contribution < -0.4 is 10.6 Å². The molecule has 2 N–H and O–H groups in total. The van der Waals surface area contributed by atoms with Crippen molar-refractivity contribution in [3.63, 3.8) is 0 Å². The van der Waals surface area contributed by atoms with Crippen molar-refractivity contribution >= 4 is 38.0 Å². The molecule has 2 aliphatic rings. The predicted molar refractivity (Wildman–Crippen MR) is 105 cm³/mol. The molecule has 2 amide bonds. The minimum atomic E-state index is -3.07. The van der Waals surface area contributed by atoms with Gasteiger partial charge in [-0.2, -0.15) is 0 Å². The number of fused-ring (bicyclic) bond motifs is 1. The third kappa shape index (κ3) is 3.77. The van der Waals surface area contributed by atoms with E-state index in [1.807, 2.05) is 6.07 Å². The Balaban J connectivity index is 1.58. The van der Waals surface area contributed by atoms with Crippen molar-refractivity contribution in [1.29, 1.82) is 0 Å². The minimum Gasteiger partial charge on any atom is -0.348 e. The molecule has 0 unspecified atom stereocenters. The van der Waals surface area contributed by atoms with E-state index >= 15 is 0 Å². The molecule has 1 aliphatic heterocycles. The van der Waals surface area contributed by atoms with Crippen LogP contribution in [0.4, 0.5) is 5.00 Å². The molecule has 142 valence electrons. The van der Waals surface area contributed by atoms with Gasteiger partial charge in [-0.3, -0.25) is 9.59 Å². The van der Waals surface area contributed by atoms with E-state index in [9.17, 15) is 18.0 Å². The maximum atomic E-state index is 12.9. The number of rotatable bonds is 4. The summed E-state index contributed by atoms with van der Waals surface area (Å²) in [6.07, 6.45) is 3.14. The van der Waals surface area contributed by atoms with Crippen LogP contribution in [0, 0.1) is 0 Å². The normalized spacial score (nSPS) is 20.2. The average Bonchev–Trinajstić information content (AvgIpc) is 3.29. The average molecular weight is 405 g/mol. The van der Waals surface area contributed by atoms with E-state index < -0.39 is 9.84 Å². The highest BCUT2D eigenvalue weighted by molar-refractivity contribution is 7.91. The monoisotopic (exact) mass is 404 g/mol. The molecule has 1 aromatic heterocycles. The Labute approximate surface area is 161 Å². The second-order valence-electron chi connectivity index (χ2n) is 6.96. The number of nitrogens with one attached hydrogen (secondary N) is 2. The summed E-state index contributed by atoms with van der Waals surface area (Å²) in [7, 11) is -3.07. The van der Waals surface area contributed by atoms with Crippen molar-refractivity contribution in [3.8, 4) is 0 Å². The Morgan fingerprint density at radius 1 is 1.07 bits per heavy atom. The van der Waals surface area contributed by atoms with Crippen molar-refractivity contribution in [3.05, 3.63) is 51.9 Å². The molecular weight excluding hydrogens is 384 g/mol. The van der Waals surface area contributed by atoms with Crippen LogP contribution in [0.5, 0.6) is 0 Å². The lowest BCUT2D eigenvalue weighted by atomic mass is 10.1. The number of aryl methyl sites for hydroxylation is 1. The highest BCUT2D eigenvalue weighted by Crippen LogP contribution is 2.39. The van der Waals surface area contributed by atoms with Crippen LogP contribution in [0.1, 0.15) is 44.0 Å². The van der Waals surface area contributed by atoms with Crippen LogP contribution in [0.25, 0.3) is 0 Å². The molecule has 27 heavy (non-hydrogen) atoms. The first-order chi connectivity index (χ1) is 12.9. The van der Waals surface area contributed by atoms with Gasteiger partial charge in [0.2, 0.25) is 0 Å². The fourth-order valence-corrected chi connectivity index (χ4v) is 6.62.